The molecule has 1 atom stereocenters. The molecule has 1 amide bonds. The van der Waals surface area contributed by atoms with Gasteiger partial charge in [-0.1, -0.05) is 67.6 Å². The van der Waals surface area contributed by atoms with E-state index in [9.17, 15) is 4.79 Å². The number of H-pyrrole nitrogens is 1. The topological polar surface area (TPSA) is 57.8 Å². The number of amides is 1. The van der Waals surface area contributed by atoms with Crippen LogP contribution in [0.15, 0.2) is 66.9 Å². The van der Waals surface area contributed by atoms with Gasteiger partial charge < -0.3 is 10.3 Å². The van der Waals surface area contributed by atoms with Gasteiger partial charge in [0, 0.05) is 0 Å². The Morgan fingerprint density at radius 1 is 1.08 bits per heavy atom. The summed E-state index contributed by atoms with van der Waals surface area (Å²) in [6.45, 7) is 2.42. The predicted octanol–water partition coefficient (Wildman–Crippen LogP) is 3.89. The fraction of sp³-hybridized carbons (Fsp3) is 0.200. The number of nitrogens with zero attached hydrogens (tertiary/aromatic N) is 1. The summed E-state index contributed by atoms with van der Waals surface area (Å²) in [5.74, 6) is 0.654. The molecule has 2 aromatic carbocycles. The summed E-state index contributed by atoms with van der Waals surface area (Å²) in [5, 5.41) is 2.98. The Balaban J connectivity index is 1.63. The SMILES string of the molecule is CC[C@H](C(=O)NCc1ncc(-c2ccccc2)[nH]1)c1ccccc1. The molecule has 0 unspecified atom stereocenters. The molecule has 1 heterocycles. The van der Waals surface area contributed by atoms with Crippen LogP contribution in [0.2, 0.25) is 0 Å². The summed E-state index contributed by atoms with van der Waals surface area (Å²) in [7, 11) is 0. The Morgan fingerprint density at radius 3 is 2.42 bits per heavy atom. The van der Waals surface area contributed by atoms with E-state index >= 15 is 0 Å². The molecule has 3 rings (SSSR count). The minimum atomic E-state index is -0.130. The van der Waals surface area contributed by atoms with Crippen molar-refractivity contribution >= 4 is 5.91 Å². The molecular formula is C20H21N3O. The van der Waals surface area contributed by atoms with E-state index in [0.29, 0.717) is 6.54 Å². The first kappa shape index (κ1) is 16.0. The third-order valence-corrected chi connectivity index (χ3v) is 4.07. The van der Waals surface area contributed by atoms with Gasteiger partial charge in [-0.2, -0.15) is 0 Å². The summed E-state index contributed by atoms with van der Waals surface area (Å²) in [6.07, 6.45) is 2.56. The molecule has 0 spiro atoms. The number of carbonyl (C=O) groups excluding carboxylic acids is 1. The zero-order valence-corrected chi connectivity index (χ0v) is 13.7. The lowest BCUT2D eigenvalue weighted by Crippen LogP contribution is -2.29. The highest BCUT2D eigenvalue weighted by molar-refractivity contribution is 5.83. The summed E-state index contributed by atoms with van der Waals surface area (Å²) in [5.41, 5.74) is 3.08. The average Bonchev–Trinajstić information content (AvgIpc) is 3.11. The van der Waals surface area contributed by atoms with Crippen LogP contribution < -0.4 is 5.32 Å². The number of hydrogen-bond acceptors (Lipinski definition) is 2. The second kappa shape index (κ2) is 7.59. The first-order chi connectivity index (χ1) is 11.8. The average molecular weight is 319 g/mol. The molecule has 2 N–H and O–H groups in total. The third kappa shape index (κ3) is 3.71. The maximum absolute atomic E-state index is 12.5. The van der Waals surface area contributed by atoms with Crippen LogP contribution in [0.4, 0.5) is 0 Å². The number of aromatic amines is 1. The molecule has 122 valence electrons. The Labute approximate surface area is 142 Å². The van der Waals surface area contributed by atoms with Crippen LogP contribution >= 0.6 is 0 Å². The second-order valence-corrected chi connectivity index (χ2v) is 5.70. The van der Waals surface area contributed by atoms with Gasteiger partial charge in [0.1, 0.15) is 5.82 Å². The van der Waals surface area contributed by atoms with Gasteiger partial charge in [-0.15, -0.1) is 0 Å². The lowest BCUT2D eigenvalue weighted by Gasteiger charge is -2.14. The van der Waals surface area contributed by atoms with Gasteiger partial charge in [-0.25, -0.2) is 4.98 Å². The fourth-order valence-corrected chi connectivity index (χ4v) is 2.77. The number of hydrogen-bond donors (Lipinski definition) is 2. The zero-order chi connectivity index (χ0) is 16.8. The van der Waals surface area contributed by atoms with Crippen LogP contribution in [-0.2, 0) is 11.3 Å². The van der Waals surface area contributed by atoms with Gasteiger partial charge in [0.2, 0.25) is 5.91 Å². The number of aromatic nitrogens is 2. The molecule has 4 nitrogen and oxygen atoms in total. The highest BCUT2D eigenvalue weighted by atomic mass is 16.1. The molecule has 0 aliphatic rings. The van der Waals surface area contributed by atoms with Gasteiger partial charge >= 0.3 is 0 Å². The van der Waals surface area contributed by atoms with E-state index < -0.39 is 0 Å². The van der Waals surface area contributed by atoms with Crippen LogP contribution in [0, 0.1) is 0 Å². The lowest BCUT2D eigenvalue weighted by atomic mass is 9.96. The first-order valence-corrected chi connectivity index (χ1v) is 8.20. The van der Waals surface area contributed by atoms with Gasteiger partial charge in [0.15, 0.2) is 0 Å². The van der Waals surface area contributed by atoms with E-state index in [1.54, 1.807) is 6.20 Å². The molecule has 0 bridgehead atoms. The molecule has 0 saturated carbocycles. The molecule has 24 heavy (non-hydrogen) atoms. The molecule has 1 aromatic heterocycles. The van der Waals surface area contributed by atoms with Crippen LogP contribution in [0.3, 0.4) is 0 Å². The van der Waals surface area contributed by atoms with Crippen molar-refractivity contribution in [1.29, 1.82) is 0 Å². The van der Waals surface area contributed by atoms with Gasteiger partial charge in [0.25, 0.3) is 0 Å². The third-order valence-electron chi connectivity index (χ3n) is 4.07. The number of rotatable bonds is 6. The largest absolute Gasteiger partial charge is 0.348 e. The molecule has 0 saturated heterocycles. The maximum atomic E-state index is 12.5. The zero-order valence-electron chi connectivity index (χ0n) is 13.7. The Bertz CT molecular complexity index is 781. The standard InChI is InChI=1S/C20H21N3O/c1-2-17(15-9-5-3-6-10-15)20(24)22-14-19-21-13-18(23-19)16-11-7-4-8-12-16/h3-13,17H,2,14H2,1H3,(H,21,23)(H,22,24)/t17-/m0/s1. The van der Waals surface area contributed by atoms with Crippen LogP contribution in [0.1, 0.15) is 30.7 Å². The van der Waals surface area contributed by atoms with Crippen LogP contribution in [-0.4, -0.2) is 15.9 Å². The lowest BCUT2D eigenvalue weighted by molar-refractivity contribution is -0.122. The Kier molecular flexibility index (Phi) is 5.06. The highest BCUT2D eigenvalue weighted by Gasteiger charge is 2.18. The van der Waals surface area contributed by atoms with Crippen molar-refractivity contribution in [2.24, 2.45) is 0 Å². The van der Waals surface area contributed by atoms with Gasteiger partial charge in [0.05, 0.1) is 24.4 Å². The minimum Gasteiger partial charge on any atom is -0.348 e. The van der Waals surface area contributed by atoms with Crippen molar-refractivity contribution in [2.75, 3.05) is 0 Å². The smallest absolute Gasteiger partial charge is 0.227 e. The minimum absolute atomic E-state index is 0.0290. The van der Waals surface area contributed by atoms with E-state index in [2.05, 4.69) is 15.3 Å². The van der Waals surface area contributed by atoms with Crippen LogP contribution in [0.25, 0.3) is 11.3 Å². The van der Waals surface area contributed by atoms with Gasteiger partial charge in [-0.3, -0.25) is 4.79 Å². The van der Waals surface area contributed by atoms with Crippen molar-refractivity contribution in [2.45, 2.75) is 25.8 Å². The molecular weight excluding hydrogens is 298 g/mol. The van der Waals surface area contributed by atoms with E-state index in [0.717, 1.165) is 29.1 Å². The quantitative estimate of drug-likeness (QED) is 0.724. The van der Waals surface area contributed by atoms with Crippen molar-refractivity contribution in [3.05, 3.63) is 78.2 Å². The van der Waals surface area contributed by atoms with E-state index in [4.69, 9.17) is 0 Å². The molecule has 0 aliphatic heterocycles. The second-order valence-electron chi connectivity index (χ2n) is 5.70. The summed E-state index contributed by atoms with van der Waals surface area (Å²) < 4.78 is 0. The number of nitrogens with one attached hydrogen (secondary N) is 2. The highest BCUT2D eigenvalue weighted by Crippen LogP contribution is 2.20. The van der Waals surface area contributed by atoms with Crippen LogP contribution in [0.5, 0.6) is 0 Å². The van der Waals surface area contributed by atoms with Crippen molar-refractivity contribution in [3.63, 3.8) is 0 Å². The van der Waals surface area contributed by atoms with Crippen molar-refractivity contribution in [3.8, 4) is 11.3 Å². The number of imidazole rings is 1. The summed E-state index contributed by atoms with van der Waals surface area (Å²) in [4.78, 5) is 20.1. The van der Waals surface area contributed by atoms with E-state index in [-0.39, 0.29) is 11.8 Å². The fourth-order valence-electron chi connectivity index (χ4n) is 2.77. The molecule has 0 fully saturated rings. The van der Waals surface area contributed by atoms with Gasteiger partial charge in [-0.05, 0) is 17.5 Å². The van der Waals surface area contributed by atoms with E-state index in [1.807, 2.05) is 67.6 Å². The van der Waals surface area contributed by atoms with E-state index in [1.165, 1.54) is 0 Å². The Morgan fingerprint density at radius 2 is 1.75 bits per heavy atom. The molecule has 0 aliphatic carbocycles. The van der Waals surface area contributed by atoms with Crippen molar-refractivity contribution in [1.82, 2.24) is 15.3 Å². The predicted molar refractivity (Wildman–Crippen MR) is 95.3 cm³/mol. The molecule has 4 heteroatoms. The monoisotopic (exact) mass is 319 g/mol. The number of carbonyl (C=O) groups is 1. The Hall–Kier alpha value is -2.88. The first-order valence-electron chi connectivity index (χ1n) is 8.20. The maximum Gasteiger partial charge on any atom is 0.227 e. The summed E-state index contributed by atoms with van der Waals surface area (Å²) in [6, 6.07) is 19.9. The molecule has 3 aromatic rings. The number of benzene rings is 2. The summed E-state index contributed by atoms with van der Waals surface area (Å²) >= 11 is 0. The molecule has 0 radical (unpaired) electrons. The van der Waals surface area contributed by atoms with Crippen molar-refractivity contribution < 1.29 is 4.79 Å². The normalized spacial score (nSPS) is 11.9.